The molecule has 2 aliphatic carbocycles. The maximum absolute atomic E-state index is 2.72. The van der Waals surface area contributed by atoms with E-state index in [0.29, 0.717) is 12.1 Å². The highest BCUT2D eigenvalue weighted by atomic mass is 15.2. The summed E-state index contributed by atoms with van der Waals surface area (Å²) in [6, 6.07) is 1.20. The van der Waals surface area contributed by atoms with Crippen LogP contribution in [0, 0.1) is 0 Å². The van der Waals surface area contributed by atoms with Crippen molar-refractivity contribution in [1.82, 2.24) is 4.90 Å². The molecule has 2 rings (SSSR count). The van der Waals surface area contributed by atoms with Gasteiger partial charge in [-0.15, -0.1) is 0 Å². The molecule has 0 saturated carbocycles. The zero-order chi connectivity index (χ0) is 13.5. The fourth-order valence-corrected chi connectivity index (χ4v) is 3.40. The van der Waals surface area contributed by atoms with Gasteiger partial charge in [0.2, 0.25) is 0 Å². The Morgan fingerprint density at radius 2 is 2.21 bits per heavy atom. The third-order valence-electron chi connectivity index (χ3n) is 4.38. The summed E-state index contributed by atoms with van der Waals surface area (Å²) in [5, 5.41) is 0. The van der Waals surface area contributed by atoms with Crippen LogP contribution in [0.2, 0.25) is 0 Å². The molecule has 1 heteroatoms. The van der Waals surface area contributed by atoms with E-state index in [1.54, 1.807) is 5.70 Å². The summed E-state index contributed by atoms with van der Waals surface area (Å²) in [7, 11) is 0. The minimum atomic E-state index is 0.571. The zero-order valence-electron chi connectivity index (χ0n) is 12.6. The second-order valence-electron chi connectivity index (χ2n) is 5.78. The summed E-state index contributed by atoms with van der Waals surface area (Å²) in [5.74, 6) is 0. The van der Waals surface area contributed by atoms with Crippen molar-refractivity contribution in [3.63, 3.8) is 0 Å². The molecule has 0 fully saturated rings. The van der Waals surface area contributed by atoms with Crippen LogP contribution >= 0.6 is 0 Å². The Morgan fingerprint density at radius 3 is 2.79 bits per heavy atom. The molecule has 2 unspecified atom stereocenters. The molecule has 0 N–H and O–H groups in total. The molecule has 0 aromatic carbocycles. The lowest BCUT2D eigenvalue weighted by atomic mass is 9.95. The summed E-state index contributed by atoms with van der Waals surface area (Å²) in [6.07, 6.45) is 22.4. The maximum Gasteiger partial charge on any atom is 0.0476 e. The third kappa shape index (κ3) is 3.75. The van der Waals surface area contributed by atoms with Gasteiger partial charge in [-0.1, -0.05) is 37.3 Å². The van der Waals surface area contributed by atoms with E-state index in [9.17, 15) is 0 Å². The van der Waals surface area contributed by atoms with Gasteiger partial charge in [-0.3, -0.25) is 0 Å². The smallest absolute Gasteiger partial charge is 0.0476 e. The predicted molar refractivity (Wildman–Crippen MR) is 84.1 cm³/mol. The lowest BCUT2D eigenvalue weighted by Crippen LogP contribution is -2.41. The largest absolute Gasteiger partial charge is 0.362 e. The Bertz CT molecular complexity index is 349. The normalized spacial score (nSPS) is 25.4. The molecule has 0 aromatic rings. The van der Waals surface area contributed by atoms with Gasteiger partial charge in [0.05, 0.1) is 0 Å². The first-order chi connectivity index (χ1) is 9.36. The van der Waals surface area contributed by atoms with Crippen molar-refractivity contribution in [2.24, 2.45) is 0 Å². The molecule has 0 bridgehead atoms. The quantitative estimate of drug-likeness (QED) is 0.613. The van der Waals surface area contributed by atoms with Crippen LogP contribution in [0.3, 0.4) is 0 Å². The van der Waals surface area contributed by atoms with Crippen molar-refractivity contribution < 1.29 is 0 Å². The first-order valence-electron chi connectivity index (χ1n) is 8.13. The Balaban J connectivity index is 2.22. The molecule has 1 nitrogen and oxygen atoms in total. The number of allylic oxidation sites excluding steroid dienone is 4. The van der Waals surface area contributed by atoms with Crippen LogP contribution in [0.25, 0.3) is 0 Å². The van der Waals surface area contributed by atoms with Crippen LogP contribution in [-0.4, -0.2) is 17.0 Å². The summed E-state index contributed by atoms with van der Waals surface area (Å²) < 4.78 is 0. The monoisotopic (exact) mass is 259 g/mol. The Hall–Kier alpha value is -0.980. The van der Waals surface area contributed by atoms with Crippen molar-refractivity contribution >= 4 is 0 Å². The molecule has 19 heavy (non-hydrogen) atoms. The van der Waals surface area contributed by atoms with Crippen LogP contribution < -0.4 is 0 Å². The SMILES string of the molecule is C/C=C/C(CC)N(C1=CCCCC1)C1C=CCCC1. The number of rotatable bonds is 5. The second-order valence-corrected chi connectivity index (χ2v) is 5.78. The van der Waals surface area contributed by atoms with E-state index in [1.807, 2.05) is 0 Å². The van der Waals surface area contributed by atoms with Crippen molar-refractivity contribution in [2.75, 3.05) is 0 Å². The average Bonchev–Trinajstić information content (AvgIpc) is 2.49. The van der Waals surface area contributed by atoms with Gasteiger partial charge < -0.3 is 4.90 Å². The van der Waals surface area contributed by atoms with Gasteiger partial charge in [0.15, 0.2) is 0 Å². The summed E-state index contributed by atoms with van der Waals surface area (Å²) >= 11 is 0. The van der Waals surface area contributed by atoms with Gasteiger partial charge >= 0.3 is 0 Å². The highest BCUT2D eigenvalue weighted by molar-refractivity contribution is 5.15. The highest BCUT2D eigenvalue weighted by Gasteiger charge is 2.25. The summed E-state index contributed by atoms with van der Waals surface area (Å²) in [5.41, 5.74) is 1.60. The molecule has 0 radical (unpaired) electrons. The molecular formula is C18H29N. The molecule has 0 aromatic heterocycles. The predicted octanol–water partition coefficient (Wildman–Crippen LogP) is 5.21. The van der Waals surface area contributed by atoms with Crippen molar-refractivity contribution in [3.05, 3.63) is 36.1 Å². The number of nitrogens with zero attached hydrogens (tertiary/aromatic N) is 1. The fraction of sp³-hybridized carbons (Fsp3) is 0.667. The molecule has 2 atom stereocenters. The molecule has 0 heterocycles. The van der Waals surface area contributed by atoms with E-state index in [1.165, 1.54) is 51.4 Å². The molecular weight excluding hydrogens is 230 g/mol. The highest BCUT2D eigenvalue weighted by Crippen LogP contribution is 2.30. The van der Waals surface area contributed by atoms with Gasteiger partial charge in [-0.2, -0.15) is 0 Å². The summed E-state index contributed by atoms with van der Waals surface area (Å²) in [4.78, 5) is 2.72. The Labute approximate surface area is 119 Å². The van der Waals surface area contributed by atoms with Gasteiger partial charge in [-0.25, -0.2) is 0 Å². The number of hydrogen-bond donors (Lipinski definition) is 0. The molecule has 2 aliphatic rings. The van der Waals surface area contributed by atoms with Gasteiger partial charge in [0, 0.05) is 17.8 Å². The van der Waals surface area contributed by atoms with Gasteiger partial charge in [-0.05, 0) is 58.3 Å². The van der Waals surface area contributed by atoms with E-state index >= 15 is 0 Å². The van der Waals surface area contributed by atoms with E-state index < -0.39 is 0 Å². The van der Waals surface area contributed by atoms with Gasteiger partial charge in [0.25, 0.3) is 0 Å². The zero-order valence-corrected chi connectivity index (χ0v) is 12.6. The van der Waals surface area contributed by atoms with Crippen LogP contribution in [0.4, 0.5) is 0 Å². The van der Waals surface area contributed by atoms with Crippen LogP contribution in [0.1, 0.15) is 65.2 Å². The van der Waals surface area contributed by atoms with E-state index in [2.05, 4.69) is 49.1 Å². The van der Waals surface area contributed by atoms with E-state index in [-0.39, 0.29) is 0 Å². The Kier molecular flexibility index (Phi) is 5.75. The lowest BCUT2D eigenvalue weighted by molar-refractivity contribution is 0.212. The van der Waals surface area contributed by atoms with Crippen LogP contribution in [0.5, 0.6) is 0 Å². The third-order valence-corrected chi connectivity index (χ3v) is 4.38. The van der Waals surface area contributed by atoms with E-state index in [4.69, 9.17) is 0 Å². The Morgan fingerprint density at radius 1 is 1.32 bits per heavy atom. The molecule has 0 amide bonds. The standard InChI is InChI=1S/C18H29N/c1-3-11-16(4-2)19(17-12-7-5-8-13-17)18-14-9-6-10-15-18/h3,7,11-12,14,16-17H,4-6,8-10,13,15H2,1-2H3/b11-3+. The molecule has 0 spiro atoms. The van der Waals surface area contributed by atoms with Crippen LogP contribution in [-0.2, 0) is 0 Å². The van der Waals surface area contributed by atoms with Crippen LogP contribution in [0.15, 0.2) is 36.1 Å². The van der Waals surface area contributed by atoms with Crippen molar-refractivity contribution in [1.29, 1.82) is 0 Å². The summed E-state index contributed by atoms with van der Waals surface area (Å²) in [6.45, 7) is 4.46. The minimum Gasteiger partial charge on any atom is -0.362 e. The minimum absolute atomic E-state index is 0.571. The molecule has 0 aliphatic heterocycles. The van der Waals surface area contributed by atoms with E-state index in [0.717, 1.165) is 0 Å². The first-order valence-corrected chi connectivity index (χ1v) is 8.13. The lowest BCUT2D eigenvalue weighted by Gasteiger charge is -2.41. The average molecular weight is 259 g/mol. The maximum atomic E-state index is 2.72. The van der Waals surface area contributed by atoms with Gasteiger partial charge in [0.1, 0.15) is 0 Å². The topological polar surface area (TPSA) is 3.24 Å². The number of hydrogen-bond acceptors (Lipinski definition) is 1. The van der Waals surface area contributed by atoms with Crippen molar-refractivity contribution in [3.8, 4) is 0 Å². The second kappa shape index (κ2) is 7.57. The molecule has 0 saturated heterocycles. The van der Waals surface area contributed by atoms with Crippen molar-refractivity contribution in [2.45, 2.75) is 77.3 Å². The molecule has 106 valence electrons. The fourth-order valence-electron chi connectivity index (χ4n) is 3.40. The first kappa shape index (κ1) is 14.4.